The maximum Gasteiger partial charge on any atom is 0.287 e. The first-order chi connectivity index (χ1) is 13.5. The standard InChI is InChI=1S/C21H27FN4O2/c1-3-14(2)24-21(28)19-25-18(17-10-6-7-13-26(17)19)20(27)23-12-11-15-8-4-5-9-16(15)22/h4-5,8-9,14H,3,6-7,10-13H2,1-2H3,(H,23,27)(H,24,28). The number of aromatic nitrogens is 2. The second-order valence-corrected chi connectivity index (χ2v) is 7.22. The molecule has 6 nitrogen and oxygen atoms in total. The zero-order valence-corrected chi connectivity index (χ0v) is 16.4. The maximum absolute atomic E-state index is 13.7. The third-order valence-electron chi connectivity index (χ3n) is 5.16. The molecule has 1 unspecified atom stereocenters. The van der Waals surface area contributed by atoms with Crippen molar-refractivity contribution in [2.24, 2.45) is 0 Å². The summed E-state index contributed by atoms with van der Waals surface area (Å²) in [5.74, 6) is -0.540. The van der Waals surface area contributed by atoms with Crippen LogP contribution in [0.25, 0.3) is 0 Å². The van der Waals surface area contributed by atoms with Gasteiger partial charge in [0.05, 0.1) is 5.69 Å². The minimum atomic E-state index is -0.315. The summed E-state index contributed by atoms with van der Waals surface area (Å²) in [5.41, 5.74) is 1.68. The summed E-state index contributed by atoms with van der Waals surface area (Å²) >= 11 is 0. The summed E-state index contributed by atoms with van der Waals surface area (Å²) in [6.07, 6.45) is 3.87. The Hall–Kier alpha value is -2.70. The highest BCUT2D eigenvalue weighted by Crippen LogP contribution is 2.21. The van der Waals surface area contributed by atoms with Crippen LogP contribution in [-0.2, 0) is 19.4 Å². The van der Waals surface area contributed by atoms with E-state index in [0.717, 1.165) is 31.4 Å². The first-order valence-electron chi connectivity index (χ1n) is 9.93. The predicted molar refractivity (Wildman–Crippen MR) is 105 cm³/mol. The number of nitrogens with zero attached hydrogens (tertiary/aromatic N) is 2. The lowest BCUT2D eigenvalue weighted by Crippen LogP contribution is -2.34. The third kappa shape index (κ3) is 4.40. The Kier molecular flexibility index (Phi) is 6.44. The van der Waals surface area contributed by atoms with E-state index in [0.29, 0.717) is 36.6 Å². The minimum Gasteiger partial charge on any atom is -0.350 e. The van der Waals surface area contributed by atoms with Gasteiger partial charge in [0.15, 0.2) is 5.82 Å². The molecular weight excluding hydrogens is 359 g/mol. The highest BCUT2D eigenvalue weighted by Gasteiger charge is 2.27. The van der Waals surface area contributed by atoms with Crippen LogP contribution in [0.15, 0.2) is 24.3 Å². The molecule has 3 rings (SSSR count). The fourth-order valence-electron chi connectivity index (χ4n) is 3.38. The summed E-state index contributed by atoms with van der Waals surface area (Å²) < 4.78 is 15.6. The molecule has 2 heterocycles. The molecule has 28 heavy (non-hydrogen) atoms. The van der Waals surface area contributed by atoms with Crippen molar-refractivity contribution in [2.45, 2.75) is 58.5 Å². The number of hydrogen-bond acceptors (Lipinski definition) is 3. The van der Waals surface area contributed by atoms with Gasteiger partial charge in [-0.1, -0.05) is 25.1 Å². The third-order valence-corrected chi connectivity index (χ3v) is 5.16. The van der Waals surface area contributed by atoms with Gasteiger partial charge in [-0.25, -0.2) is 9.37 Å². The van der Waals surface area contributed by atoms with Crippen molar-refractivity contribution < 1.29 is 14.0 Å². The molecule has 0 fully saturated rings. The smallest absolute Gasteiger partial charge is 0.287 e. The Morgan fingerprint density at radius 3 is 2.79 bits per heavy atom. The number of nitrogens with one attached hydrogen (secondary N) is 2. The number of fused-ring (bicyclic) bond motifs is 1. The van der Waals surface area contributed by atoms with E-state index >= 15 is 0 Å². The summed E-state index contributed by atoms with van der Waals surface area (Å²) in [6.45, 7) is 4.93. The molecule has 7 heteroatoms. The van der Waals surface area contributed by atoms with Crippen LogP contribution in [0.4, 0.5) is 4.39 Å². The van der Waals surface area contributed by atoms with Gasteiger partial charge in [-0.3, -0.25) is 9.59 Å². The van der Waals surface area contributed by atoms with Crippen molar-refractivity contribution in [3.63, 3.8) is 0 Å². The SMILES string of the molecule is CCC(C)NC(=O)c1nc(C(=O)NCCc2ccccc2F)c2n1CCCC2. The highest BCUT2D eigenvalue weighted by atomic mass is 19.1. The number of imidazole rings is 1. The lowest BCUT2D eigenvalue weighted by atomic mass is 10.1. The van der Waals surface area contributed by atoms with E-state index in [-0.39, 0.29) is 23.7 Å². The van der Waals surface area contributed by atoms with Crippen LogP contribution >= 0.6 is 0 Å². The molecule has 0 bridgehead atoms. The molecule has 2 amide bonds. The van der Waals surface area contributed by atoms with Crippen molar-refractivity contribution in [1.82, 2.24) is 20.2 Å². The van der Waals surface area contributed by atoms with Crippen LogP contribution in [0, 0.1) is 5.82 Å². The molecular formula is C21H27FN4O2. The second kappa shape index (κ2) is 8.99. The zero-order valence-electron chi connectivity index (χ0n) is 16.4. The lowest BCUT2D eigenvalue weighted by molar-refractivity contribution is 0.0923. The van der Waals surface area contributed by atoms with Crippen LogP contribution in [0.3, 0.4) is 0 Å². The molecule has 0 radical (unpaired) electrons. The molecule has 2 N–H and O–H groups in total. The zero-order chi connectivity index (χ0) is 20.1. The van der Waals surface area contributed by atoms with Gasteiger partial charge in [-0.15, -0.1) is 0 Å². The topological polar surface area (TPSA) is 76.0 Å². The van der Waals surface area contributed by atoms with Gasteiger partial charge in [0.1, 0.15) is 11.5 Å². The van der Waals surface area contributed by atoms with Crippen molar-refractivity contribution >= 4 is 11.8 Å². The van der Waals surface area contributed by atoms with Crippen LogP contribution in [-0.4, -0.2) is 34.0 Å². The second-order valence-electron chi connectivity index (χ2n) is 7.22. The molecule has 0 aliphatic carbocycles. The first kappa shape index (κ1) is 20.0. The van der Waals surface area contributed by atoms with Crippen LogP contribution in [0.1, 0.15) is 65.5 Å². The van der Waals surface area contributed by atoms with Gasteiger partial charge in [-0.2, -0.15) is 0 Å². The molecule has 0 saturated heterocycles. The van der Waals surface area contributed by atoms with E-state index in [1.165, 1.54) is 6.07 Å². The average Bonchev–Trinajstić information content (AvgIpc) is 3.09. The van der Waals surface area contributed by atoms with Crippen molar-refractivity contribution in [3.8, 4) is 0 Å². The Morgan fingerprint density at radius 2 is 2.04 bits per heavy atom. The Bertz CT molecular complexity index is 862. The number of carbonyl (C=O) groups excluding carboxylic acids is 2. The van der Waals surface area contributed by atoms with E-state index in [2.05, 4.69) is 15.6 Å². The van der Waals surface area contributed by atoms with Gasteiger partial charge >= 0.3 is 0 Å². The highest BCUT2D eigenvalue weighted by molar-refractivity contribution is 5.97. The number of amides is 2. The average molecular weight is 386 g/mol. The molecule has 0 spiro atoms. The number of carbonyl (C=O) groups is 2. The Balaban J connectivity index is 1.73. The molecule has 2 aromatic rings. The van der Waals surface area contributed by atoms with Crippen LogP contribution in [0.5, 0.6) is 0 Å². The predicted octanol–water partition coefficient (Wildman–Crippen LogP) is 2.86. The lowest BCUT2D eigenvalue weighted by Gasteiger charge is -2.18. The normalized spacial score (nSPS) is 14.2. The molecule has 1 aromatic heterocycles. The number of benzene rings is 1. The van der Waals surface area contributed by atoms with Gasteiger partial charge in [0, 0.05) is 19.1 Å². The van der Waals surface area contributed by atoms with Crippen LogP contribution in [0.2, 0.25) is 0 Å². The Labute approximate surface area is 164 Å². The van der Waals surface area contributed by atoms with Crippen molar-refractivity contribution in [1.29, 1.82) is 0 Å². The quantitative estimate of drug-likeness (QED) is 0.768. The molecule has 1 aromatic carbocycles. The number of rotatable bonds is 7. The largest absolute Gasteiger partial charge is 0.350 e. The summed E-state index contributed by atoms with van der Waals surface area (Å²) in [4.78, 5) is 29.7. The summed E-state index contributed by atoms with van der Waals surface area (Å²) in [6, 6.07) is 6.57. The van der Waals surface area contributed by atoms with E-state index in [9.17, 15) is 14.0 Å². The van der Waals surface area contributed by atoms with Gasteiger partial charge in [0.25, 0.3) is 11.8 Å². The summed E-state index contributed by atoms with van der Waals surface area (Å²) in [7, 11) is 0. The maximum atomic E-state index is 13.7. The summed E-state index contributed by atoms with van der Waals surface area (Å²) in [5, 5.41) is 5.74. The van der Waals surface area contributed by atoms with E-state index < -0.39 is 0 Å². The fourth-order valence-corrected chi connectivity index (χ4v) is 3.38. The Morgan fingerprint density at radius 1 is 1.25 bits per heavy atom. The monoisotopic (exact) mass is 386 g/mol. The molecule has 1 aliphatic heterocycles. The minimum absolute atomic E-state index is 0.0436. The molecule has 0 saturated carbocycles. The van der Waals surface area contributed by atoms with Gasteiger partial charge in [0.2, 0.25) is 0 Å². The molecule has 1 atom stereocenters. The van der Waals surface area contributed by atoms with Gasteiger partial charge < -0.3 is 15.2 Å². The first-order valence-corrected chi connectivity index (χ1v) is 9.93. The van der Waals surface area contributed by atoms with Crippen molar-refractivity contribution in [2.75, 3.05) is 6.54 Å². The molecule has 150 valence electrons. The number of halogens is 1. The van der Waals surface area contributed by atoms with E-state index in [1.807, 2.05) is 18.4 Å². The fraction of sp³-hybridized carbons (Fsp3) is 0.476. The van der Waals surface area contributed by atoms with Gasteiger partial charge in [-0.05, 0) is 50.7 Å². The van der Waals surface area contributed by atoms with Crippen LogP contribution < -0.4 is 10.6 Å². The van der Waals surface area contributed by atoms with E-state index in [1.54, 1.807) is 18.2 Å². The molecule has 1 aliphatic rings. The van der Waals surface area contributed by atoms with Crippen molar-refractivity contribution in [3.05, 3.63) is 52.9 Å². The van der Waals surface area contributed by atoms with E-state index in [4.69, 9.17) is 0 Å². The number of hydrogen-bond donors (Lipinski definition) is 2.